The molecule has 3 atom stereocenters. The predicted octanol–water partition coefficient (Wildman–Crippen LogP) is 7.47. The van der Waals surface area contributed by atoms with Gasteiger partial charge in [-0.25, -0.2) is 0 Å². The molecule has 0 bridgehead atoms. The highest BCUT2D eigenvalue weighted by atomic mass is 16.1. The van der Waals surface area contributed by atoms with Gasteiger partial charge in [-0.1, -0.05) is 79.2 Å². The van der Waals surface area contributed by atoms with Gasteiger partial charge in [0.25, 0.3) is 5.91 Å². The molecule has 3 nitrogen and oxygen atoms in total. The molecule has 34 heavy (non-hydrogen) atoms. The normalized spacial score (nSPS) is 19.0. The van der Waals surface area contributed by atoms with Gasteiger partial charge in [-0.15, -0.1) is 0 Å². The maximum absolute atomic E-state index is 12.6. The number of hydrogen-bond donors (Lipinski definition) is 2. The van der Waals surface area contributed by atoms with Crippen LogP contribution in [0.3, 0.4) is 0 Å². The summed E-state index contributed by atoms with van der Waals surface area (Å²) in [6.07, 6.45) is 4.77. The van der Waals surface area contributed by atoms with Crippen molar-refractivity contribution in [3.05, 3.63) is 114 Å². The van der Waals surface area contributed by atoms with Crippen LogP contribution in [0.5, 0.6) is 0 Å². The van der Waals surface area contributed by atoms with Gasteiger partial charge < -0.3 is 10.6 Å². The summed E-state index contributed by atoms with van der Waals surface area (Å²) in [6.45, 7) is 2.28. The third-order valence-electron chi connectivity index (χ3n) is 7.13. The van der Waals surface area contributed by atoms with Gasteiger partial charge in [0, 0.05) is 23.3 Å². The first-order valence-corrected chi connectivity index (χ1v) is 12.4. The lowest BCUT2D eigenvalue weighted by atomic mass is 9.80. The van der Waals surface area contributed by atoms with Gasteiger partial charge in [-0.3, -0.25) is 4.79 Å². The summed E-state index contributed by atoms with van der Waals surface area (Å²) in [6, 6.07) is 33.8. The highest BCUT2D eigenvalue weighted by Crippen LogP contribution is 2.34. The van der Waals surface area contributed by atoms with Crippen molar-refractivity contribution < 1.29 is 4.79 Å². The van der Waals surface area contributed by atoms with Gasteiger partial charge in [0.05, 0.1) is 0 Å². The number of rotatable bonds is 6. The zero-order valence-corrected chi connectivity index (χ0v) is 19.7. The van der Waals surface area contributed by atoms with Gasteiger partial charge >= 0.3 is 0 Å². The Morgan fingerprint density at radius 2 is 1.56 bits per heavy atom. The first-order chi connectivity index (χ1) is 16.7. The van der Waals surface area contributed by atoms with Crippen LogP contribution in [0.25, 0.3) is 10.8 Å². The maximum atomic E-state index is 12.6. The standard InChI is InChI=1S/C31H32N2O/c1-22(29-16-8-10-24-9-5-6-15-30(24)29)32-28-14-7-11-26(21-28)23-17-19-25(20-18-23)31(34)33-27-12-3-2-4-13-27/h2-6,8-10,12-13,15-20,22,26,28,32H,7,11,14,21H2,1H3,(H,33,34)/t22-,26+,28+/m1/s1. The number of benzene rings is 4. The second kappa shape index (κ2) is 10.2. The molecule has 0 radical (unpaired) electrons. The molecule has 0 spiro atoms. The number of para-hydroxylation sites is 1. The number of anilines is 1. The molecule has 2 N–H and O–H groups in total. The summed E-state index contributed by atoms with van der Waals surface area (Å²) in [4.78, 5) is 12.6. The summed E-state index contributed by atoms with van der Waals surface area (Å²) in [5.41, 5.74) is 4.22. The van der Waals surface area contributed by atoms with E-state index >= 15 is 0 Å². The van der Waals surface area contributed by atoms with Gasteiger partial charge in [0.2, 0.25) is 0 Å². The molecule has 3 heteroatoms. The molecule has 1 saturated carbocycles. The molecule has 5 rings (SSSR count). The molecule has 0 heterocycles. The monoisotopic (exact) mass is 448 g/mol. The summed E-state index contributed by atoms with van der Waals surface area (Å²) in [5.74, 6) is 0.460. The van der Waals surface area contributed by atoms with E-state index < -0.39 is 0 Å². The van der Waals surface area contributed by atoms with Crippen molar-refractivity contribution in [1.29, 1.82) is 0 Å². The van der Waals surface area contributed by atoms with E-state index in [9.17, 15) is 4.79 Å². The van der Waals surface area contributed by atoms with E-state index in [0.29, 0.717) is 23.6 Å². The van der Waals surface area contributed by atoms with Crippen molar-refractivity contribution in [3.8, 4) is 0 Å². The van der Waals surface area contributed by atoms with Crippen LogP contribution < -0.4 is 10.6 Å². The van der Waals surface area contributed by atoms with E-state index in [0.717, 1.165) is 12.1 Å². The fourth-order valence-corrected chi connectivity index (χ4v) is 5.35. The Labute approximate surface area is 202 Å². The molecule has 172 valence electrons. The Balaban J connectivity index is 1.23. The third kappa shape index (κ3) is 5.05. The Bertz CT molecular complexity index is 1240. The topological polar surface area (TPSA) is 41.1 Å². The van der Waals surface area contributed by atoms with Crippen LogP contribution >= 0.6 is 0 Å². The third-order valence-corrected chi connectivity index (χ3v) is 7.13. The van der Waals surface area contributed by atoms with Crippen molar-refractivity contribution in [2.24, 2.45) is 0 Å². The second-order valence-electron chi connectivity index (χ2n) is 9.46. The Hall–Kier alpha value is -3.43. The van der Waals surface area contributed by atoms with Crippen LogP contribution in [0.1, 0.15) is 66.1 Å². The minimum absolute atomic E-state index is 0.0650. The minimum Gasteiger partial charge on any atom is -0.322 e. The SMILES string of the molecule is C[C@@H](N[C@H]1CCC[C@H](c2ccc(C(=O)Nc3ccccc3)cc2)C1)c1cccc2ccccc12. The van der Waals surface area contributed by atoms with Gasteiger partial charge in [-0.2, -0.15) is 0 Å². The number of carbonyl (C=O) groups excluding carboxylic acids is 1. The zero-order chi connectivity index (χ0) is 23.3. The number of nitrogens with one attached hydrogen (secondary N) is 2. The average molecular weight is 449 g/mol. The minimum atomic E-state index is -0.0650. The van der Waals surface area contributed by atoms with E-state index in [1.807, 2.05) is 42.5 Å². The quantitative estimate of drug-likeness (QED) is 0.321. The van der Waals surface area contributed by atoms with E-state index in [1.54, 1.807) is 0 Å². The highest BCUT2D eigenvalue weighted by molar-refractivity contribution is 6.04. The summed E-state index contributed by atoms with van der Waals surface area (Å²) in [7, 11) is 0. The molecule has 4 aromatic rings. The van der Waals surface area contributed by atoms with Crippen molar-refractivity contribution in [2.45, 2.75) is 50.6 Å². The lowest BCUT2D eigenvalue weighted by Crippen LogP contribution is -2.35. The number of carbonyl (C=O) groups is 1. The van der Waals surface area contributed by atoms with Crippen molar-refractivity contribution in [3.63, 3.8) is 0 Å². The molecule has 0 saturated heterocycles. The van der Waals surface area contributed by atoms with Crippen LogP contribution in [0, 0.1) is 0 Å². The lowest BCUT2D eigenvalue weighted by molar-refractivity contribution is 0.102. The Morgan fingerprint density at radius 1 is 0.824 bits per heavy atom. The van der Waals surface area contributed by atoms with E-state index in [-0.39, 0.29) is 5.91 Å². The van der Waals surface area contributed by atoms with E-state index in [2.05, 4.69) is 72.2 Å². The van der Waals surface area contributed by atoms with Crippen LogP contribution in [0.4, 0.5) is 5.69 Å². The Kier molecular flexibility index (Phi) is 6.73. The van der Waals surface area contributed by atoms with Crippen LogP contribution in [0.2, 0.25) is 0 Å². The lowest BCUT2D eigenvalue weighted by Gasteiger charge is -2.32. The molecule has 0 aliphatic heterocycles. The molecule has 1 fully saturated rings. The fraction of sp³-hybridized carbons (Fsp3) is 0.258. The van der Waals surface area contributed by atoms with E-state index in [1.165, 1.54) is 41.2 Å². The van der Waals surface area contributed by atoms with Crippen molar-refractivity contribution in [1.82, 2.24) is 5.32 Å². The molecule has 1 amide bonds. The largest absolute Gasteiger partial charge is 0.322 e. The van der Waals surface area contributed by atoms with Crippen LogP contribution in [0.15, 0.2) is 97.1 Å². The van der Waals surface area contributed by atoms with Gasteiger partial charge in [-0.05, 0) is 78.3 Å². The number of amides is 1. The summed E-state index contributed by atoms with van der Waals surface area (Å²) < 4.78 is 0. The molecular formula is C31H32N2O. The first kappa shape index (κ1) is 22.4. The number of hydrogen-bond acceptors (Lipinski definition) is 2. The average Bonchev–Trinajstić information content (AvgIpc) is 2.89. The van der Waals surface area contributed by atoms with Crippen molar-refractivity contribution in [2.75, 3.05) is 5.32 Å². The van der Waals surface area contributed by atoms with Gasteiger partial charge in [0.15, 0.2) is 0 Å². The van der Waals surface area contributed by atoms with Crippen LogP contribution in [-0.2, 0) is 0 Å². The first-order valence-electron chi connectivity index (χ1n) is 12.4. The highest BCUT2D eigenvalue weighted by Gasteiger charge is 2.25. The summed E-state index contributed by atoms with van der Waals surface area (Å²) in [5, 5.41) is 9.52. The fourth-order valence-electron chi connectivity index (χ4n) is 5.35. The molecular weight excluding hydrogens is 416 g/mol. The molecule has 1 aliphatic carbocycles. The molecule has 0 aromatic heterocycles. The molecule has 1 aliphatic rings. The maximum Gasteiger partial charge on any atom is 0.255 e. The van der Waals surface area contributed by atoms with E-state index in [4.69, 9.17) is 0 Å². The smallest absolute Gasteiger partial charge is 0.255 e. The van der Waals surface area contributed by atoms with Crippen LogP contribution in [-0.4, -0.2) is 11.9 Å². The number of fused-ring (bicyclic) bond motifs is 1. The summed E-state index contributed by atoms with van der Waals surface area (Å²) >= 11 is 0. The predicted molar refractivity (Wildman–Crippen MR) is 141 cm³/mol. The molecule has 0 unspecified atom stereocenters. The Morgan fingerprint density at radius 3 is 2.38 bits per heavy atom. The molecule has 4 aromatic carbocycles. The second-order valence-corrected chi connectivity index (χ2v) is 9.46. The van der Waals surface area contributed by atoms with Gasteiger partial charge in [0.1, 0.15) is 0 Å². The van der Waals surface area contributed by atoms with Crippen molar-refractivity contribution >= 4 is 22.4 Å². The zero-order valence-electron chi connectivity index (χ0n) is 19.7.